The minimum Gasteiger partial charge on any atom is -0.508 e. The van der Waals surface area contributed by atoms with Crippen molar-refractivity contribution in [3.8, 4) is 5.75 Å². The Labute approximate surface area is 128 Å². The average molecular weight is 305 g/mol. The third-order valence-electron chi connectivity index (χ3n) is 3.15. The van der Waals surface area contributed by atoms with Gasteiger partial charge < -0.3 is 15.7 Å². The van der Waals surface area contributed by atoms with Crippen LogP contribution >= 0.6 is 11.3 Å². The van der Waals surface area contributed by atoms with E-state index in [2.05, 4.69) is 4.98 Å². The Morgan fingerprint density at radius 3 is 2.67 bits per heavy atom. The van der Waals surface area contributed by atoms with Gasteiger partial charge in [0, 0.05) is 18.1 Å². The highest BCUT2D eigenvalue weighted by atomic mass is 32.1. The van der Waals surface area contributed by atoms with Crippen molar-refractivity contribution in [1.29, 1.82) is 0 Å². The molecule has 0 unspecified atom stereocenters. The van der Waals surface area contributed by atoms with Gasteiger partial charge in [-0.25, -0.2) is 4.98 Å². The van der Waals surface area contributed by atoms with Crippen molar-refractivity contribution >= 4 is 17.2 Å². The highest BCUT2D eigenvalue weighted by Crippen LogP contribution is 2.15. The molecule has 1 heterocycles. The molecule has 0 radical (unpaired) electrons. The Morgan fingerprint density at radius 2 is 2.10 bits per heavy atom. The maximum atomic E-state index is 12.3. The van der Waals surface area contributed by atoms with Crippen LogP contribution in [0.25, 0.3) is 0 Å². The predicted octanol–water partition coefficient (Wildman–Crippen LogP) is 1.69. The van der Waals surface area contributed by atoms with Crippen LogP contribution in [0.1, 0.15) is 15.4 Å². The lowest BCUT2D eigenvalue weighted by Crippen LogP contribution is -2.42. The minimum atomic E-state index is -0.589. The van der Waals surface area contributed by atoms with Crippen molar-refractivity contribution in [3.63, 3.8) is 0 Å². The molecule has 0 spiro atoms. The van der Waals surface area contributed by atoms with Gasteiger partial charge in [0.15, 0.2) is 0 Å². The van der Waals surface area contributed by atoms with Gasteiger partial charge in [-0.1, -0.05) is 12.1 Å². The number of phenols is 1. The van der Waals surface area contributed by atoms with Gasteiger partial charge in [0.25, 0.3) is 0 Å². The summed E-state index contributed by atoms with van der Waals surface area (Å²) in [6.45, 7) is 2.46. The molecule has 0 fully saturated rings. The second kappa shape index (κ2) is 6.69. The number of rotatable bonds is 5. The van der Waals surface area contributed by atoms with Gasteiger partial charge in [0.1, 0.15) is 5.75 Å². The van der Waals surface area contributed by atoms with Crippen molar-refractivity contribution in [2.24, 2.45) is 5.73 Å². The quantitative estimate of drug-likeness (QED) is 0.881. The first-order valence-electron chi connectivity index (χ1n) is 6.65. The fourth-order valence-electron chi connectivity index (χ4n) is 2.05. The Bertz CT molecular complexity index is 610. The molecule has 1 aromatic heterocycles. The lowest BCUT2D eigenvalue weighted by Gasteiger charge is -2.20. The zero-order chi connectivity index (χ0) is 15.4. The van der Waals surface area contributed by atoms with Crippen LogP contribution in [-0.4, -0.2) is 34.0 Å². The van der Waals surface area contributed by atoms with Gasteiger partial charge >= 0.3 is 0 Å². The van der Waals surface area contributed by atoms with Gasteiger partial charge in [-0.2, -0.15) is 0 Å². The number of aryl methyl sites for hydroxylation is 1. The van der Waals surface area contributed by atoms with E-state index < -0.39 is 6.04 Å². The molecule has 6 heteroatoms. The van der Waals surface area contributed by atoms with Gasteiger partial charge in [-0.05, 0) is 31.0 Å². The highest BCUT2D eigenvalue weighted by molar-refractivity contribution is 7.11. The van der Waals surface area contributed by atoms with E-state index in [-0.39, 0.29) is 11.7 Å². The van der Waals surface area contributed by atoms with Crippen LogP contribution in [-0.2, 0) is 17.8 Å². The molecular weight excluding hydrogens is 286 g/mol. The Balaban J connectivity index is 1.93. The molecule has 3 N–H and O–H groups in total. The molecule has 112 valence electrons. The SMILES string of the molecule is Cc1ncc(CN(C)C(=O)[C@H](N)Cc2ccc(O)cc2)s1. The van der Waals surface area contributed by atoms with E-state index in [9.17, 15) is 9.90 Å². The third-order valence-corrected chi connectivity index (χ3v) is 4.05. The molecule has 0 aliphatic rings. The lowest BCUT2D eigenvalue weighted by molar-refractivity contribution is -0.131. The number of likely N-dealkylation sites (N-methyl/N-ethyl adjacent to an activating group) is 1. The van der Waals surface area contributed by atoms with E-state index in [0.717, 1.165) is 15.4 Å². The smallest absolute Gasteiger partial charge is 0.239 e. The summed E-state index contributed by atoms with van der Waals surface area (Å²) >= 11 is 1.58. The monoisotopic (exact) mass is 305 g/mol. The zero-order valence-electron chi connectivity index (χ0n) is 12.1. The molecule has 2 rings (SSSR count). The summed E-state index contributed by atoms with van der Waals surface area (Å²) in [6.07, 6.45) is 2.24. The first kappa shape index (κ1) is 15.5. The first-order valence-corrected chi connectivity index (χ1v) is 7.47. The van der Waals surface area contributed by atoms with Crippen LogP contribution < -0.4 is 5.73 Å². The van der Waals surface area contributed by atoms with Crippen LogP contribution in [0.4, 0.5) is 0 Å². The molecule has 0 aliphatic carbocycles. The standard InChI is InChI=1S/C15H19N3O2S/c1-10-17-8-13(21-10)9-18(2)15(20)14(16)7-11-3-5-12(19)6-4-11/h3-6,8,14,19H,7,9,16H2,1-2H3/t14-/m1/s1. The summed E-state index contributed by atoms with van der Waals surface area (Å²) in [4.78, 5) is 19.1. The van der Waals surface area contributed by atoms with Crippen LogP contribution in [0.3, 0.4) is 0 Å². The van der Waals surface area contributed by atoms with Crippen molar-refractivity contribution in [3.05, 3.63) is 45.9 Å². The van der Waals surface area contributed by atoms with E-state index >= 15 is 0 Å². The summed E-state index contributed by atoms with van der Waals surface area (Å²) in [6, 6.07) is 6.14. The number of aromatic hydroxyl groups is 1. The fourth-order valence-corrected chi connectivity index (χ4v) is 2.89. The van der Waals surface area contributed by atoms with E-state index in [1.54, 1.807) is 53.7 Å². The number of phenolic OH excluding ortho intramolecular Hbond substituents is 1. The minimum absolute atomic E-state index is 0.103. The summed E-state index contributed by atoms with van der Waals surface area (Å²) < 4.78 is 0. The number of carbonyl (C=O) groups excluding carboxylic acids is 1. The number of nitrogens with zero attached hydrogens (tertiary/aromatic N) is 2. The van der Waals surface area contributed by atoms with Crippen molar-refractivity contribution in [2.75, 3.05) is 7.05 Å². The third kappa shape index (κ3) is 4.27. The maximum Gasteiger partial charge on any atom is 0.239 e. The number of thiazole rings is 1. The molecule has 0 saturated carbocycles. The van der Waals surface area contributed by atoms with E-state index in [4.69, 9.17) is 5.73 Å². The summed E-state index contributed by atoms with van der Waals surface area (Å²) in [5, 5.41) is 10.2. The second-order valence-electron chi connectivity index (χ2n) is 5.02. The van der Waals surface area contributed by atoms with Crippen LogP contribution in [0, 0.1) is 6.92 Å². The number of nitrogens with two attached hydrogens (primary N) is 1. The summed E-state index contributed by atoms with van der Waals surface area (Å²) in [5.74, 6) is 0.102. The van der Waals surface area contributed by atoms with Crippen molar-refractivity contribution in [2.45, 2.75) is 25.9 Å². The number of aromatic nitrogens is 1. The molecule has 0 aliphatic heterocycles. The zero-order valence-corrected chi connectivity index (χ0v) is 12.9. The molecule has 2 aromatic rings. The Kier molecular flexibility index (Phi) is 4.93. The van der Waals surface area contributed by atoms with Crippen molar-refractivity contribution in [1.82, 2.24) is 9.88 Å². The Morgan fingerprint density at radius 1 is 1.43 bits per heavy atom. The average Bonchev–Trinajstić information content (AvgIpc) is 2.85. The predicted molar refractivity (Wildman–Crippen MR) is 83.1 cm³/mol. The van der Waals surface area contributed by atoms with Gasteiger partial charge in [0.2, 0.25) is 5.91 Å². The molecular formula is C15H19N3O2S. The lowest BCUT2D eigenvalue weighted by atomic mass is 10.1. The van der Waals surface area contributed by atoms with Gasteiger partial charge in [-0.15, -0.1) is 11.3 Å². The number of carbonyl (C=O) groups is 1. The van der Waals surface area contributed by atoms with Crippen molar-refractivity contribution < 1.29 is 9.90 Å². The normalized spacial score (nSPS) is 12.1. The second-order valence-corrected chi connectivity index (χ2v) is 6.34. The summed E-state index contributed by atoms with van der Waals surface area (Å²) in [7, 11) is 1.74. The summed E-state index contributed by atoms with van der Waals surface area (Å²) in [5.41, 5.74) is 6.91. The van der Waals surface area contributed by atoms with Gasteiger partial charge in [0.05, 0.1) is 17.6 Å². The number of hydrogen-bond acceptors (Lipinski definition) is 5. The van der Waals surface area contributed by atoms with Crippen LogP contribution in [0.5, 0.6) is 5.75 Å². The number of amides is 1. The molecule has 5 nitrogen and oxygen atoms in total. The molecule has 21 heavy (non-hydrogen) atoms. The molecule has 1 aromatic carbocycles. The Hall–Kier alpha value is -1.92. The topological polar surface area (TPSA) is 79.5 Å². The number of hydrogen-bond donors (Lipinski definition) is 2. The molecule has 1 atom stereocenters. The van der Waals surface area contributed by atoms with Crippen LogP contribution in [0.15, 0.2) is 30.5 Å². The molecule has 0 saturated heterocycles. The molecule has 1 amide bonds. The maximum absolute atomic E-state index is 12.3. The van der Waals surface area contributed by atoms with E-state index in [1.807, 2.05) is 6.92 Å². The molecule has 0 bridgehead atoms. The fraction of sp³-hybridized carbons (Fsp3) is 0.333. The van der Waals surface area contributed by atoms with Crippen LogP contribution in [0.2, 0.25) is 0 Å². The first-order chi connectivity index (χ1) is 9.95. The van der Waals surface area contributed by atoms with E-state index in [0.29, 0.717) is 13.0 Å². The largest absolute Gasteiger partial charge is 0.508 e. The number of benzene rings is 1. The van der Waals surface area contributed by atoms with E-state index in [1.165, 1.54) is 0 Å². The van der Waals surface area contributed by atoms with Gasteiger partial charge in [-0.3, -0.25) is 4.79 Å². The highest BCUT2D eigenvalue weighted by Gasteiger charge is 2.19.